The first kappa shape index (κ1) is 27.7. The van der Waals surface area contributed by atoms with Crippen LogP contribution in [0.25, 0.3) is 6.08 Å². The van der Waals surface area contributed by atoms with E-state index in [0.717, 1.165) is 71.4 Å². The van der Waals surface area contributed by atoms with Crippen molar-refractivity contribution in [2.24, 2.45) is 71.0 Å². The van der Waals surface area contributed by atoms with Gasteiger partial charge < -0.3 is 20.6 Å². The predicted molar refractivity (Wildman–Crippen MR) is 178 cm³/mol. The van der Waals surface area contributed by atoms with Gasteiger partial charge in [-0.3, -0.25) is 0 Å². The second-order valence-electron chi connectivity index (χ2n) is 15.4. The maximum atomic E-state index is 4.48. The summed E-state index contributed by atoms with van der Waals surface area (Å²) in [7, 11) is 2.17. The van der Waals surface area contributed by atoms with E-state index in [1.165, 1.54) is 62.0 Å². The zero-order valence-corrected chi connectivity index (χ0v) is 26.5. The Bertz CT molecular complexity index is 1410. The number of hydrogen-bond acceptors (Lipinski definition) is 2. The molecule has 2 aromatic heterocycles. The zero-order valence-electron chi connectivity index (χ0n) is 26.5. The Kier molecular flexibility index (Phi) is 7.03. The van der Waals surface area contributed by atoms with E-state index in [9.17, 15) is 0 Å². The minimum atomic E-state index is 0.668. The molecule has 6 aliphatic carbocycles. The van der Waals surface area contributed by atoms with Gasteiger partial charge in [-0.15, -0.1) is 0 Å². The fourth-order valence-corrected chi connectivity index (χ4v) is 12.4. The van der Waals surface area contributed by atoms with Gasteiger partial charge in [0.15, 0.2) is 0 Å². The third-order valence-electron chi connectivity index (χ3n) is 13.4. The van der Waals surface area contributed by atoms with E-state index in [2.05, 4.69) is 90.6 Å². The molecule has 0 bridgehead atoms. The summed E-state index contributed by atoms with van der Waals surface area (Å²) in [6.07, 6.45) is 22.0. The Morgan fingerprint density at radius 1 is 0.721 bits per heavy atom. The van der Waals surface area contributed by atoms with Gasteiger partial charge >= 0.3 is 0 Å². The van der Waals surface area contributed by atoms with E-state index in [-0.39, 0.29) is 0 Å². The first-order valence-electron chi connectivity index (χ1n) is 17.5. The highest BCUT2D eigenvalue weighted by Crippen LogP contribution is 2.70. The number of H-pyrrole nitrogens is 2. The number of aromatic nitrogens is 2. The molecule has 0 amide bonds. The lowest BCUT2D eigenvalue weighted by Crippen LogP contribution is -2.63. The van der Waals surface area contributed by atoms with Gasteiger partial charge in [-0.25, -0.2) is 0 Å². The first-order valence-corrected chi connectivity index (χ1v) is 17.5. The van der Waals surface area contributed by atoms with Gasteiger partial charge in [0.25, 0.3) is 0 Å². The number of hydrogen-bond donors (Lipinski definition) is 4. The van der Waals surface area contributed by atoms with Crippen LogP contribution in [0.1, 0.15) is 70.9 Å². The summed E-state index contributed by atoms with van der Waals surface area (Å²) >= 11 is 0. The molecule has 6 aliphatic rings. The Hall–Kier alpha value is -2.88. The number of nitrogens with one attached hydrogen (secondary N) is 4. The third-order valence-corrected chi connectivity index (χ3v) is 13.4. The normalized spacial score (nSPS) is 41.8. The molecule has 12 unspecified atom stereocenters. The van der Waals surface area contributed by atoms with Crippen LogP contribution in [0.15, 0.2) is 77.9 Å². The molecule has 0 aromatic carbocycles. The van der Waals surface area contributed by atoms with Crippen molar-refractivity contribution in [2.75, 3.05) is 12.4 Å². The van der Waals surface area contributed by atoms with E-state index in [4.69, 9.17) is 0 Å². The summed E-state index contributed by atoms with van der Waals surface area (Å²) in [5.74, 6) is 10.8. The lowest BCUT2D eigenvalue weighted by atomic mass is 9.36. The standard InChI is InChI=1S/C39H52N4/c1-5-25-34(43-35-9-7-17-42-35)15-13-26-29-18-23(3)21-32-37-27(30-19-22(2)20-31(36(25)26)38(30)39(29)32)12-14-33(40-4)28(37)11-10-24-8-6-16-41-24/h5-11,16-17,22-23,26-27,29-32,36-43H,1,12-15,18-21H2,2-4H3/b11-10+. The summed E-state index contributed by atoms with van der Waals surface area (Å²) < 4.78 is 0. The molecule has 12 atom stereocenters. The second kappa shape index (κ2) is 10.9. The summed E-state index contributed by atoms with van der Waals surface area (Å²) in [6.45, 7) is 9.66. The van der Waals surface area contributed by atoms with Crippen molar-refractivity contribution in [3.63, 3.8) is 0 Å². The molecule has 4 N–H and O–H groups in total. The van der Waals surface area contributed by atoms with Gasteiger partial charge in [0.05, 0.1) is 0 Å². The first-order chi connectivity index (χ1) is 21.1. The number of aromatic amines is 2. The quantitative estimate of drug-likeness (QED) is 0.277. The topological polar surface area (TPSA) is 55.6 Å². The Morgan fingerprint density at radius 2 is 1.33 bits per heavy atom. The van der Waals surface area contributed by atoms with Crippen LogP contribution in [0.3, 0.4) is 0 Å². The van der Waals surface area contributed by atoms with Gasteiger partial charge in [-0.1, -0.05) is 32.6 Å². The fraction of sp³-hybridized carbons (Fsp3) is 0.590. The predicted octanol–water partition coefficient (Wildman–Crippen LogP) is 9.02. The molecule has 228 valence electrons. The molecule has 43 heavy (non-hydrogen) atoms. The molecule has 4 fully saturated rings. The molecule has 4 saturated carbocycles. The molecule has 2 heterocycles. The smallest absolute Gasteiger partial charge is 0.107 e. The number of fused-ring (bicyclic) bond motifs is 6. The van der Waals surface area contributed by atoms with Gasteiger partial charge in [-0.2, -0.15) is 0 Å². The number of anilines is 1. The van der Waals surface area contributed by atoms with Crippen LogP contribution in [0.5, 0.6) is 0 Å². The van der Waals surface area contributed by atoms with E-state index >= 15 is 0 Å². The Labute approximate surface area is 259 Å². The monoisotopic (exact) mass is 576 g/mol. The average molecular weight is 577 g/mol. The molecule has 0 radical (unpaired) electrons. The minimum absolute atomic E-state index is 0.668. The van der Waals surface area contributed by atoms with E-state index in [1.807, 2.05) is 12.4 Å². The highest BCUT2D eigenvalue weighted by atomic mass is 15.0. The van der Waals surface area contributed by atoms with Gasteiger partial charge in [0.1, 0.15) is 5.82 Å². The van der Waals surface area contributed by atoms with Crippen LogP contribution in [0, 0.1) is 71.0 Å². The lowest BCUT2D eigenvalue weighted by molar-refractivity contribution is -0.179. The van der Waals surface area contributed by atoms with Crippen molar-refractivity contribution in [2.45, 2.75) is 65.2 Å². The summed E-state index contributed by atoms with van der Waals surface area (Å²) in [5, 5.41) is 7.55. The van der Waals surface area contributed by atoms with Crippen LogP contribution in [0.4, 0.5) is 5.82 Å². The third kappa shape index (κ3) is 4.45. The van der Waals surface area contributed by atoms with Crippen molar-refractivity contribution in [1.82, 2.24) is 15.3 Å². The average Bonchev–Trinajstić information content (AvgIpc) is 3.73. The van der Waals surface area contributed by atoms with Crippen LogP contribution in [0.2, 0.25) is 0 Å². The number of rotatable bonds is 6. The van der Waals surface area contributed by atoms with E-state index in [1.54, 1.807) is 11.1 Å². The second-order valence-corrected chi connectivity index (χ2v) is 15.4. The van der Waals surface area contributed by atoms with Crippen molar-refractivity contribution >= 4 is 11.9 Å². The van der Waals surface area contributed by atoms with Crippen LogP contribution >= 0.6 is 0 Å². The molecular formula is C39H52N4. The van der Waals surface area contributed by atoms with Gasteiger partial charge in [-0.05, 0) is 164 Å². The van der Waals surface area contributed by atoms with Crippen LogP contribution in [-0.2, 0) is 0 Å². The molecule has 0 saturated heterocycles. The van der Waals surface area contributed by atoms with Crippen LogP contribution in [-0.4, -0.2) is 17.0 Å². The fourth-order valence-electron chi connectivity index (χ4n) is 12.4. The van der Waals surface area contributed by atoms with E-state index in [0.29, 0.717) is 11.8 Å². The maximum absolute atomic E-state index is 4.48. The number of allylic oxidation sites excluding steroid dienone is 6. The largest absolute Gasteiger partial charge is 0.391 e. The molecule has 8 rings (SSSR count). The summed E-state index contributed by atoms with van der Waals surface area (Å²) in [5.41, 5.74) is 7.39. The molecule has 4 heteroatoms. The van der Waals surface area contributed by atoms with Crippen molar-refractivity contribution in [3.05, 3.63) is 83.6 Å². The SMILES string of the molecule is C=CC1=C(Nc2ccc[nH]2)CCC2C3CC(C)CC4C5C(/C=C/c6ccc[nH]6)=C(NC)CCC5C5CC(C)CC(C12)C5C34. The van der Waals surface area contributed by atoms with Crippen LogP contribution < -0.4 is 10.6 Å². The van der Waals surface area contributed by atoms with Gasteiger partial charge in [0, 0.05) is 36.5 Å². The van der Waals surface area contributed by atoms with Gasteiger partial charge in [0.2, 0.25) is 0 Å². The van der Waals surface area contributed by atoms with Crippen molar-refractivity contribution in [1.29, 1.82) is 0 Å². The van der Waals surface area contributed by atoms with E-state index < -0.39 is 0 Å². The summed E-state index contributed by atoms with van der Waals surface area (Å²) in [4.78, 5) is 6.83. The molecule has 2 aromatic rings. The molecule has 0 spiro atoms. The Morgan fingerprint density at radius 3 is 1.91 bits per heavy atom. The lowest BCUT2D eigenvalue weighted by Gasteiger charge is -2.68. The molecule has 4 nitrogen and oxygen atoms in total. The van der Waals surface area contributed by atoms with Crippen molar-refractivity contribution in [3.8, 4) is 0 Å². The minimum Gasteiger partial charge on any atom is -0.391 e. The highest BCUT2D eigenvalue weighted by Gasteiger charge is 2.64. The van der Waals surface area contributed by atoms with Crippen molar-refractivity contribution < 1.29 is 0 Å². The maximum Gasteiger partial charge on any atom is 0.107 e. The summed E-state index contributed by atoms with van der Waals surface area (Å²) in [6, 6.07) is 8.59. The highest BCUT2D eigenvalue weighted by molar-refractivity contribution is 5.52. The zero-order chi connectivity index (χ0) is 29.2. The molecule has 0 aliphatic heterocycles. The Balaban J connectivity index is 1.23. The molecular weight excluding hydrogens is 524 g/mol.